The van der Waals surface area contributed by atoms with Crippen molar-refractivity contribution in [3.05, 3.63) is 0 Å². The highest BCUT2D eigenvalue weighted by Crippen LogP contribution is 2.47. The largest absolute Gasteiger partial charge is 0.359 e. The minimum absolute atomic E-state index is 0.346. The fraction of sp³-hybridized carbons (Fsp3) is 0.950. The van der Waals surface area contributed by atoms with Gasteiger partial charge in [0.25, 0.3) is 0 Å². The molecule has 3 aliphatic rings. The summed E-state index contributed by atoms with van der Waals surface area (Å²) in [4.78, 5) is 0. The molecule has 0 spiro atoms. The summed E-state index contributed by atoms with van der Waals surface area (Å²) in [6.45, 7) is 7.08. The van der Waals surface area contributed by atoms with Gasteiger partial charge in [-0.1, -0.05) is 40.0 Å². The van der Waals surface area contributed by atoms with Crippen molar-refractivity contribution in [2.75, 3.05) is 0 Å². The summed E-state index contributed by atoms with van der Waals surface area (Å²) in [5, 5.41) is 8.50. The molecule has 2 bridgehead atoms. The molecule has 0 aromatic rings. The first-order valence-electron chi connectivity index (χ1n) is 10.2. The molecule has 3 heteroatoms. The van der Waals surface area contributed by atoms with E-state index in [1.807, 2.05) is 0 Å². The van der Waals surface area contributed by atoms with Gasteiger partial charge in [-0.2, -0.15) is 0 Å². The summed E-state index contributed by atoms with van der Waals surface area (Å²) >= 11 is 5.77. The van der Waals surface area contributed by atoms with Crippen LogP contribution in [0.15, 0.2) is 0 Å². The zero-order chi connectivity index (χ0) is 16.4. The maximum absolute atomic E-state index is 5.77. The molecular weight excluding hydrogens is 300 g/mol. The van der Waals surface area contributed by atoms with Crippen LogP contribution < -0.4 is 10.6 Å². The van der Waals surface area contributed by atoms with Gasteiger partial charge < -0.3 is 10.6 Å². The lowest BCUT2D eigenvalue weighted by Crippen LogP contribution is -2.56. The van der Waals surface area contributed by atoms with E-state index in [1.165, 1.54) is 64.2 Å². The second-order valence-corrected chi connectivity index (χ2v) is 9.04. The van der Waals surface area contributed by atoms with E-state index < -0.39 is 0 Å². The average Bonchev–Trinajstić information content (AvgIpc) is 3.14. The average molecular weight is 337 g/mol. The smallest absolute Gasteiger partial charge is 0.166 e. The van der Waals surface area contributed by atoms with Crippen LogP contribution in [-0.4, -0.2) is 16.7 Å². The molecule has 23 heavy (non-hydrogen) atoms. The summed E-state index contributed by atoms with van der Waals surface area (Å²) in [5.74, 6) is 3.47. The van der Waals surface area contributed by atoms with Crippen LogP contribution in [-0.2, 0) is 0 Å². The van der Waals surface area contributed by atoms with Crippen molar-refractivity contribution in [1.29, 1.82) is 0 Å². The van der Waals surface area contributed by atoms with Gasteiger partial charge in [-0.25, -0.2) is 0 Å². The second-order valence-electron chi connectivity index (χ2n) is 8.63. The standard InChI is InChI=1S/C20H36N2S/c1-4-14-11-16(5-2)18(17(6-3)12-14)21-19(23)22-20-9-7-15(13-20)8-10-20/h14-18H,4-13H2,1-3H3,(H2,21,22,23). The van der Waals surface area contributed by atoms with Gasteiger partial charge in [0.15, 0.2) is 5.11 Å². The third kappa shape index (κ3) is 3.70. The highest BCUT2D eigenvalue weighted by atomic mass is 32.1. The molecule has 132 valence electrons. The fourth-order valence-electron chi connectivity index (χ4n) is 5.84. The van der Waals surface area contributed by atoms with Gasteiger partial charge in [-0.15, -0.1) is 0 Å². The third-order valence-electron chi connectivity index (χ3n) is 7.33. The van der Waals surface area contributed by atoms with Gasteiger partial charge in [0.2, 0.25) is 0 Å². The molecule has 2 nitrogen and oxygen atoms in total. The Labute approximate surface area is 148 Å². The lowest BCUT2D eigenvalue weighted by Gasteiger charge is -2.43. The summed E-state index contributed by atoms with van der Waals surface area (Å²) in [6, 6.07) is 0.586. The molecule has 2 N–H and O–H groups in total. The van der Waals surface area contributed by atoms with E-state index in [2.05, 4.69) is 31.4 Å². The number of hydrogen-bond acceptors (Lipinski definition) is 1. The molecule has 0 aliphatic heterocycles. The Bertz CT molecular complexity index is 400. The first kappa shape index (κ1) is 17.5. The van der Waals surface area contributed by atoms with E-state index in [0.29, 0.717) is 11.6 Å². The Morgan fingerprint density at radius 3 is 2.04 bits per heavy atom. The van der Waals surface area contributed by atoms with Crippen LogP contribution in [0.3, 0.4) is 0 Å². The van der Waals surface area contributed by atoms with Crippen LogP contribution in [0.25, 0.3) is 0 Å². The third-order valence-corrected chi connectivity index (χ3v) is 7.55. The predicted octanol–water partition coefficient (Wildman–Crippen LogP) is 5.02. The first-order valence-corrected chi connectivity index (χ1v) is 10.6. The van der Waals surface area contributed by atoms with Crippen molar-refractivity contribution < 1.29 is 0 Å². The monoisotopic (exact) mass is 336 g/mol. The van der Waals surface area contributed by atoms with E-state index in [9.17, 15) is 0 Å². The molecule has 0 heterocycles. The van der Waals surface area contributed by atoms with Crippen LogP contribution in [0.2, 0.25) is 0 Å². The molecule has 3 fully saturated rings. The van der Waals surface area contributed by atoms with Crippen LogP contribution >= 0.6 is 12.2 Å². The molecule has 0 aromatic heterocycles. The van der Waals surface area contributed by atoms with E-state index in [0.717, 1.165) is 28.8 Å². The van der Waals surface area contributed by atoms with Crippen molar-refractivity contribution in [2.24, 2.45) is 23.7 Å². The van der Waals surface area contributed by atoms with E-state index in [4.69, 9.17) is 12.2 Å². The summed E-state index contributed by atoms with van der Waals surface area (Å²) in [5.41, 5.74) is 0.346. The number of fused-ring (bicyclic) bond motifs is 2. The van der Waals surface area contributed by atoms with Gasteiger partial charge in [0.05, 0.1) is 0 Å². The van der Waals surface area contributed by atoms with Crippen molar-refractivity contribution in [3.63, 3.8) is 0 Å². The number of hydrogen-bond donors (Lipinski definition) is 2. The highest BCUT2D eigenvalue weighted by molar-refractivity contribution is 7.80. The van der Waals surface area contributed by atoms with Gasteiger partial charge in [0.1, 0.15) is 0 Å². The van der Waals surface area contributed by atoms with Gasteiger partial charge in [-0.05, 0) is 80.8 Å². The molecule has 0 amide bonds. The minimum Gasteiger partial charge on any atom is -0.359 e. The zero-order valence-electron chi connectivity index (χ0n) is 15.4. The van der Waals surface area contributed by atoms with E-state index in [-0.39, 0.29) is 0 Å². The fourth-order valence-corrected chi connectivity index (χ4v) is 6.19. The summed E-state index contributed by atoms with van der Waals surface area (Å²) in [7, 11) is 0. The van der Waals surface area contributed by atoms with Crippen molar-refractivity contribution in [3.8, 4) is 0 Å². The number of thiocarbonyl (C=S) groups is 1. The van der Waals surface area contributed by atoms with Crippen molar-refractivity contribution in [2.45, 2.75) is 96.6 Å². The van der Waals surface area contributed by atoms with Gasteiger partial charge in [0, 0.05) is 11.6 Å². The highest BCUT2D eigenvalue weighted by Gasteiger charge is 2.45. The number of nitrogens with one attached hydrogen (secondary N) is 2. The topological polar surface area (TPSA) is 24.1 Å². The first-order chi connectivity index (χ1) is 11.1. The molecule has 2 unspecified atom stereocenters. The molecule has 3 saturated carbocycles. The van der Waals surface area contributed by atoms with Crippen LogP contribution in [0.4, 0.5) is 0 Å². The van der Waals surface area contributed by atoms with E-state index >= 15 is 0 Å². The molecule has 3 rings (SSSR count). The molecular formula is C20H36N2S. The Balaban J connectivity index is 1.61. The van der Waals surface area contributed by atoms with Crippen LogP contribution in [0.1, 0.15) is 85.0 Å². The summed E-state index contributed by atoms with van der Waals surface area (Å²) < 4.78 is 0. The van der Waals surface area contributed by atoms with Crippen LogP contribution in [0, 0.1) is 23.7 Å². The van der Waals surface area contributed by atoms with Crippen LogP contribution in [0.5, 0.6) is 0 Å². The van der Waals surface area contributed by atoms with Gasteiger partial charge in [-0.3, -0.25) is 0 Å². The zero-order valence-corrected chi connectivity index (χ0v) is 16.2. The maximum atomic E-state index is 5.77. The lowest BCUT2D eigenvalue weighted by molar-refractivity contribution is 0.136. The molecule has 0 aromatic carbocycles. The molecule has 3 aliphatic carbocycles. The van der Waals surface area contributed by atoms with Gasteiger partial charge >= 0.3 is 0 Å². The normalized spacial score (nSPS) is 42.7. The van der Waals surface area contributed by atoms with Crippen molar-refractivity contribution >= 4 is 17.3 Å². The minimum atomic E-state index is 0.346. The van der Waals surface area contributed by atoms with E-state index in [1.54, 1.807) is 0 Å². The van der Waals surface area contributed by atoms with Crippen molar-refractivity contribution in [1.82, 2.24) is 10.6 Å². The Morgan fingerprint density at radius 1 is 1.00 bits per heavy atom. The summed E-state index contributed by atoms with van der Waals surface area (Å²) in [6.07, 6.45) is 13.5. The SMILES string of the molecule is CCC1CC(CC)C(NC(=S)NC23CCC(CC2)C3)C(CC)C1. The Kier molecular flexibility index (Phi) is 5.55. The quantitative estimate of drug-likeness (QED) is 0.689. The number of rotatable bonds is 5. The molecule has 2 atom stereocenters. The molecule has 0 saturated heterocycles. The maximum Gasteiger partial charge on any atom is 0.166 e. The second kappa shape index (κ2) is 7.29. The Hall–Kier alpha value is -0.310. The predicted molar refractivity (Wildman–Crippen MR) is 103 cm³/mol. The molecule has 0 radical (unpaired) electrons. The lowest BCUT2D eigenvalue weighted by atomic mass is 9.69. The Morgan fingerprint density at radius 2 is 1.61 bits per heavy atom.